The Morgan fingerprint density at radius 2 is 1.84 bits per heavy atom. The second kappa shape index (κ2) is 10.3. The number of carbonyl (C=O) groups excluding carboxylic acids is 1. The smallest absolute Gasteiger partial charge is 0.264 e. The van der Waals surface area contributed by atoms with E-state index < -0.39 is 10.0 Å². The Hall–Kier alpha value is -2.31. The molecule has 0 bridgehead atoms. The maximum absolute atomic E-state index is 13.5. The first-order chi connectivity index (χ1) is 14.9. The van der Waals surface area contributed by atoms with Gasteiger partial charge in [-0.05, 0) is 50.1 Å². The molecule has 0 N–H and O–H groups in total. The van der Waals surface area contributed by atoms with Crippen LogP contribution in [0.4, 0.5) is 5.69 Å². The molecule has 1 fully saturated rings. The van der Waals surface area contributed by atoms with Crippen molar-refractivity contribution < 1.29 is 13.2 Å². The number of hydrogen-bond acceptors (Lipinski definition) is 3. The van der Waals surface area contributed by atoms with Gasteiger partial charge in [0, 0.05) is 18.2 Å². The highest BCUT2D eigenvalue weighted by atomic mass is 35.5. The van der Waals surface area contributed by atoms with Crippen molar-refractivity contribution in [2.24, 2.45) is 0 Å². The zero-order valence-corrected chi connectivity index (χ0v) is 19.4. The third-order valence-electron chi connectivity index (χ3n) is 5.70. The molecule has 5 nitrogen and oxygen atoms in total. The fraction of sp³-hybridized carbons (Fsp3) is 0.375. The number of amides is 1. The lowest BCUT2D eigenvalue weighted by atomic mass is 9.93. The van der Waals surface area contributed by atoms with Gasteiger partial charge in [0.25, 0.3) is 15.9 Å². The fourth-order valence-electron chi connectivity index (χ4n) is 4.14. The monoisotopic (exact) mass is 460 g/mol. The highest BCUT2D eigenvalue weighted by molar-refractivity contribution is 7.92. The molecule has 1 aliphatic carbocycles. The molecular formula is C24H29ClN2O3S. The Bertz CT molecular complexity index is 1030. The van der Waals surface area contributed by atoms with E-state index in [1.807, 2.05) is 11.8 Å². The van der Waals surface area contributed by atoms with Crippen LogP contribution in [0.25, 0.3) is 0 Å². The van der Waals surface area contributed by atoms with Gasteiger partial charge in [-0.2, -0.15) is 0 Å². The van der Waals surface area contributed by atoms with Crippen LogP contribution >= 0.6 is 11.6 Å². The molecule has 0 spiro atoms. The van der Waals surface area contributed by atoms with E-state index >= 15 is 0 Å². The Morgan fingerprint density at radius 1 is 1.13 bits per heavy atom. The first-order valence-corrected chi connectivity index (χ1v) is 12.5. The van der Waals surface area contributed by atoms with Crippen LogP contribution in [-0.2, 0) is 10.0 Å². The van der Waals surface area contributed by atoms with Crippen LogP contribution in [0.2, 0.25) is 5.02 Å². The summed E-state index contributed by atoms with van der Waals surface area (Å²) in [6, 6.07) is 13.3. The third-order valence-corrected chi connectivity index (χ3v) is 7.80. The van der Waals surface area contributed by atoms with Gasteiger partial charge in [-0.25, -0.2) is 8.42 Å². The molecule has 1 amide bonds. The lowest BCUT2D eigenvalue weighted by Crippen LogP contribution is -2.41. The summed E-state index contributed by atoms with van der Waals surface area (Å²) < 4.78 is 28.2. The quantitative estimate of drug-likeness (QED) is 0.487. The van der Waals surface area contributed by atoms with Gasteiger partial charge < -0.3 is 4.90 Å². The minimum atomic E-state index is -3.95. The maximum Gasteiger partial charge on any atom is 0.264 e. The van der Waals surface area contributed by atoms with E-state index in [4.69, 9.17) is 11.6 Å². The standard InChI is InChI=1S/C24H29ClN2O3S/c1-3-17-27(23-16-9-8-15-22(23)25)31(29,30)21-14-10-11-19(18-21)24(28)26(4-2)20-12-6-5-7-13-20/h3,8-11,14-16,18,20H,1,4-7,12-13,17H2,2H3. The van der Waals surface area contributed by atoms with E-state index in [0.717, 1.165) is 25.7 Å². The van der Waals surface area contributed by atoms with Crippen molar-refractivity contribution in [1.29, 1.82) is 0 Å². The van der Waals surface area contributed by atoms with Crippen molar-refractivity contribution in [2.45, 2.75) is 50.0 Å². The van der Waals surface area contributed by atoms with Crippen molar-refractivity contribution in [3.05, 3.63) is 71.8 Å². The summed E-state index contributed by atoms with van der Waals surface area (Å²) in [4.78, 5) is 15.2. The average molecular weight is 461 g/mol. The molecule has 0 aromatic heterocycles. The van der Waals surface area contributed by atoms with E-state index in [0.29, 0.717) is 22.8 Å². The Balaban J connectivity index is 1.95. The summed E-state index contributed by atoms with van der Waals surface area (Å²) in [5, 5.41) is 0.328. The first kappa shape index (κ1) is 23.4. The Morgan fingerprint density at radius 3 is 2.48 bits per heavy atom. The van der Waals surface area contributed by atoms with E-state index in [1.54, 1.807) is 36.4 Å². The number of anilines is 1. The van der Waals surface area contributed by atoms with Crippen LogP contribution < -0.4 is 4.31 Å². The molecule has 7 heteroatoms. The summed E-state index contributed by atoms with van der Waals surface area (Å²) in [6.07, 6.45) is 6.96. The number of para-hydroxylation sites is 1. The molecule has 166 valence electrons. The van der Waals surface area contributed by atoms with Crippen LogP contribution in [0.15, 0.2) is 66.1 Å². The summed E-state index contributed by atoms with van der Waals surface area (Å²) in [6.45, 7) is 6.32. The van der Waals surface area contributed by atoms with Crippen LogP contribution in [-0.4, -0.2) is 38.4 Å². The predicted octanol–water partition coefficient (Wildman–Crippen LogP) is 5.52. The van der Waals surface area contributed by atoms with E-state index in [-0.39, 0.29) is 23.4 Å². The van der Waals surface area contributed by atoms with Crippen molar-refractivity contribution in [3.8, 4) is 0 Å². The number of rotatable bonds is 8. The van der Waals surface area contributed by atoms with Gasteiger partial charge in [0.2, 0.25) is 0 Å². The number of benzene rings is 2. The molecule has 0 unspecified atom stereocenters. The lowest BCUT2D eigenvalue weighted by molar-refractivity contribution is 0.0647. The number of sulfonamides is 1. The van der Waals surface area contributed by atoms with Crippen molar-refractivity contribution >= 4 is 33.2 Å². The number of carbonyl (C=O) groups is 1. The third kappa shape index (κ3) is 5.13. The Labute approximate surface area is 190 Å². The molecule has 0 aliphatic heterocycles. The van der Waals surface area contributed by atoms with Gasteiger partial charge in [0.05, 0.1) is 22.2 Å². The molecule has 2 aromatic carbocycles. The molecule has 31 heavy (non-hydrogen) atoms. The zero-order valence-electron chi connectivity index (χ0n) is 17.8. The normalized spacial score (nSPS) is 14.8. The number of halogens is 1. The maximum atomic E-state index is 13.5. The van der Waals surface area contributed by atoms with E-state index in [2.05, 4.69) is 6.58 Å². The molecule has 1 aliphatic rings. The van der Waals surface area contributed by atoms with Gasteiger partial charge in [0.15, 0.2) is 0 Å². The molecule has 3 rings (SSSR count). The minimum absolute atomic E-state index is 0.0554. The summed E-state index contributed by atoms with van der Waals surface area (Å²) in [5.41, 5.74) is 0.754. The summed E-state index contributed by atoms with van der Waals surface area (Å²) >= 11 is 6.28. The minimum Gasteiger partial charge on any atom is -0.336 e. The Kier molecular flexibility index (Phi) is 7.79. The molecular weight excluding hydrogens is 432 g/mol. The van der Waals surface area contributed by atoms with Crippen LogP contribution in [0.3, 0.4) is 0 Å². The highest BCUT2D eigenvalue weighted by Crippen LogP contribution is 2.31. The van der Waals surface area contributed by atoms with E-state index in [1.165, 1.54) is 28.9 Å². The average Bonchev–Trinajstić information content (AvgIpc) is 2.79. The molecule has 0 saturated heterocycles. The molecule has 2 aromatic rings. The topological polar surface area (TPSA) is 57.7 Å². The van der Waals surface area contributed by atoms with Crippen molar-refractivity contribution in [2.75, 3.05) is 17.4 Å². The largest absolute Gasteiger partial charge is 0.336 e. The number of nitrogens with zero attached hydrogens (tertiary/aromatic N) is 2. The number of hydrogen-bond donors (Lipinski definition) is 0. The van der Waals surface area contributed by atoms with Gasteiger partial charge in [-0.1, -0.05) is 55.1 Å². The molecule has 1 saturated carbocycles. The van der Waals surface area contributed by atoms with Crippen LogP contribution in [0.1, 0.15) is 49.4 Å². The zero-order chi connectivity index (χ0) is 22.4. The summed E-state index contributed by atoms with van der Waals surface area (Å²) in [7, 11) is -3.95. The predicted molar refractivity (Wildman–Crippen MR) is 126 cm³/mol. The van der Waals surface area contributed by atoms with Crippen LogP contribution in [0.5, 0.6) is 0 Å². The SMILES string of the molecule is C=CCN(c1ccccc1Cl)S(=O)(=O)c1cccc(C(=O)N(CC)C2CCCCC2)c1. The summed E-state index contributed by atoms with van der Waals surface area (Å²) in [5.74, 6) is -0.125. The van der Waals surface area contributed by atoms with Gasteiger partial charge in [0.1, 0.15) is 0 Å². The first-order valence-electron chi connectivity index (χ1n) is 10.7. The molecule has 0 heterocycles. The lowest BCUT2D eigenvalue weighted by Gasteiger charge is -2.33. The van der Waals surface area contributed by atoms with E-state index in [9.17, 15) is 13.2 Å². The second-order valence-corrected chi connectivity index (χ2v) is 9.96. The second-order valence-electron chi connectivity index (χ2n) is 7.69. The van der Waals surface area contributed by atoms with Gasteiger partial charge in [-0.15, -0.1) is 6.58 Å². The highest BCUT2D eigenvalue weighted by Gasteiger charge is 2.29. The van der Waals surface area contributed by atoms with Gasteiger partial charge >= 0.3 is 0 Å². The van der Waals surface area contributed by atoms with Crippen molar-refractivity contribution in [3.63, 3.8) is 0 Å². The fourth-order valence-corrected chi connectivity index (χ4v) is 5.93. The molecule has 0 atom stereocenters. The van der Waals surface area contributed by atoms with Crippen molar-refractivity contribution in [1.82, 2.24) is 4.90 Å². The molecule has 0 radical (unpaired) electrons. The van der Waals surface area contributed by atoms with Gasteiger partial charge in [-0.3, -0.25) is 9.10 Å². The van der Waals surface area contributed by atoms with Crippen LogP contribution in [0, 0.1) is 0 Å².